The van der Waals surface area contributed by atoms with Crippen LogP contribution in [0, 0.1) is 18.8 Å². The van der Waals surface area contributed by atoms with Gasteiger partial charge in [0.2, 0.25) is 5.95 Å². The minimum Gasteiger partial charge on any atom is -0.369 e. The number of nitrogen functional groups attached to an aromatic ring is 1. The molecule has 2 aromatic heterocycles. The Morgan fingerprint density at radius 3 is 2.67 bits per heavy atom. The molecule has 0 aliphatic carbocycles. The van der Waals surface area contributed by atoms with Crippen molar-refractivity contribution >= 4 is 23.4 Å². The van der Waals surface area contributed by atoms with Gasteiger partial charge in [0.15, 0.2) is 0 Å². The van der Waals surface area contributed by atoms with Crippen molar-refractivity contribution in [3.05, 3.63) is 40.3 Å². The van der Waals surface area contributed by atoms with Gasteiger partial charge in [-0.2, -0.15) is 4.98 Å². The van der Waals surface area contributed by atoms with E-state index in [2.05, 4.69) is 39.0 Å². The predicted molar refractivity (Wildman–Crippen MR) is 99.1 cm³/mol. The summed E-state index contributed by atoms with van der Waals surface area (Å²) in [6.07, 6.45) is 2.61. The second kappa shape index (κ2) is 7.50. The fourth-order valence-corrected chi connectivity index (χ4v) is 2.26. The number of pyridine rings is 1. The summed E-state index contributed by atoms with van der Waals surface area (Å²) in [5.41, 5.74) is 7.70. The largest absolute Gasteiger partial charge is 0.369 e. The van der Waals surface area contributed by atoms with E-state index in [1.165, 1.54) is 0 Å². The molecule has 2 aromatic rings. The van der Waals surface area contributed by atoms with Gasteiger partial charge in [0.05, 0.1) is 27.4 Å². The van der Waals surface area contributed by atoms with Gasteiger partial charge < -0.3 is 11.1 Å². The lowest BCUT2D eigenvalue weighted by Crippen LogP contribution is -2.16. The molecule has 0 saturated heterocycles. The van der Waals surface area contributed by atoms with Crippen LogP contribution in [0.1, 0.15) is 44.1 Å². The fourth-order valence-electron chi connectivity index (χ4n) is 2.14. The summed E-state index contributed by atoms with van der Waals surface area (Å²) in [5.74, 6) is 7.40. The zero-order valence-electron chi connectivity index (χ0n) is 14.4. The molecule has 3 N–H and O–H groups in total. The standard InChI is InChI=1S/C18H22ClN5/c1-5-10-21-16-14(12(2)23-17(20)24-16)8-9-18(3,4)15-7-6-13(19)11-22-15/h6-7,11H,5,10H2,1-4H3,(H3,20,21,23,24). The highest BCUT2D eigenvalue weighted by Gasteiger charge is 2.19. The molecule has 0 radical (unpaired) electrons. The van der Waals surface area contributed by atoms with Gasteiger partial charge in [0, 0.05) is 12.7 Å². The van der Waals surface area contributed by atoms with Gasteiger partial charge in [-0.3, -0.25) is 4.98 Å². The third-order valence-corrected chi connectivity index (χ3v) is 3.74. The molecule has 2 rings (SSSR count). The zero-order chi connectivity index (χ0) is 17.7. The molecule has 2 heterocycles. The minimum atomic E-state index is -0.430. The summed E-state index contributed by atoms with van der Waals surface area (Å²) >= 11 is 5.90. The van der Waals surface area contributed by atoms with E-state index in [-0.39, 0.29) is 5.95 Å². The average molecular weight is 344 g/mol. The molecule has 0 aromatic carbocycles. The van der Waals surface area contributed by atoms with Gasteiger partial charge in [0.25, 0.3) is 0 Å². The summed E-state index contributed by atoms with van der Waals surface area (Å²) < 4.78 is 0. The quantitative estimate of drug-likeness (QED) is 0.830. The Kier molecular flexibility index (Phi) is 5.63. The van der Waals surface area contributed by atoms with Crippen LogP contribution in [0.5, 0.6) is 0 Å². The van der Waals surface area contributed by atoms with Crippen LogP contribution in [0.25, 0.3) is 0 Å². The zero-order valence-corrected chi connectivity index (χ0v) is 15.2. The Labute approximate surface area is 148 Å². The SMILES string of the molecule is CCCNc1nc(N)nc(C)c1C#CC(C)(C)c1ccc(Cl)cn1. The number of anilines is 2. The first kappa shape index (κ1) is 18.0. The van der Waals surface area contributed by atoms with E-state index in [0.29, 0.717) is 10.8 Å². The predicted octanol–water partition coefficient (Wildman–Crippen LogP) is 3.57. The number of nitrogens with zero attached hydrogens (tertiary/aromatic N) is 3. The van der Waals surface area contributed by atoms with E-state index in [1.54, 1.807) is 6.20 Å². The van der Waals surface area contributed by atoms with Crippen LogP contribution in [-0.2, 0) is 5.41 Å². The van der Waals surface area contributed by atoms with Crippen LogP contribution in [0.2, 0.25) is 5.02 Å². The molecule has 0 atom stereocenters. The number of nitrogens with one attached hydrogen (secondary N) is 1. The maximum absolute atomic E-state index is 5.90. The normalized spacial score (nSPS) is 10.9. The Bertz CT molecular complexity index is 772. The van der Waals surface area contributed by atoms with E-state index >= 15 is 0 Å². The average Bonchev–Trinajstić information content (AvgIpc) is 2.52. The van der Waals surface area contributed by atoms with E-state index in [0.717, 1.165) is 29.9 Å². The first-order chi connectivity index (χ1) is 11.3. The van der Waals surface area contributed by atoms with Crippen LogP contribution < -0.4 is 11.1 Å². The van der Waals surface area contributed by atoms with Crippen molar-refractivity contribution in [2.45, 2.75) is 39.5 Å². The number of aryl methyl sites for hydroxylation is 1. The highest BCUT2D eigenvalue weighted by Crippen LogP contribution is 2.23. The summed E-state index contributed by atoms with van der Waals surface area (Å²) in [7, 11) is 0. The van der Waals surface area contributed by atoms with Gasteiger partial charge >= 0.3 is 0 Å². The number of halogens is 1. The van der Waals surface area contributed by atoms with Crippen LogP contribution in [-0.4, -0.2) is 21.5 Å². The number of aromatic nitrogens is 3. The molecule has 0 bridgehead atoms. The lowest BCUT2D eigenvalue weighted by Gasteiger charge is -2.17. The van der Waals surface area contributed by atoms with E-state index in [9.17, 15) is 0 Å². The summed E-state index contributed by atoms with van der Waals surface area (Å²) in [5, 5.41) is 3.87. The molecule has 0 fully saturated rings. The van der Waals surface area contributed by atoms with Gasteiger partial charge in [-0.05, 0) is 39.3 Å². The molecule has 24 heavy (non-hydrogen) atoms. The fraction of sp³-hybridized carbons (Fsp3) is 0.389. The molecule has 0 spiro atoms. The molecule has 126 valence electrons. The van der Waals surface area contributed by atoms with Crippen LogP contribution in [0.15, 0.2) is 18.3 Å². The van der Waals surface area contributed by atoms with E-state index < -0.39 is 5.41 Å². The Morgan fingerprint density at radius 2 is 2.04 bits per heavy atom. The first-order valence-corrected chi connectivity index (χ1v) is 8.24. The Morgan fingerprint density at radius 1 is 1.29 bits per heavy atom. The number of rotatable bonds is 4. The highest BCUT2D eigenvalue weighted by molar-refractivity contribution is 6.30. The highest BCUT2D eigenvalue weighted by atomic mass is 35.5. The molecule has 0 aliphatic heterocycles. The molecule has 0 unspecified atom stereocenters. The van der Waals surface area contributed by atoms with Crippen molar-refractivity contribution in [3.63, 3.8) is 0 Å². The Balaban J connectivity index is 2.40. The molecule has 6 heteroatoms. The van der Waals surface area contributed by atoms with Crippen LogP contribution >= 0.6 is 11.6 Å². The van der Waals surface area contributed by atoms with Gasteiger partial charge in [-0.15, -0.1) is 0 Å². The van der Waals surface area contributed by atoms with E-state index in [1.807, 2.05) is 32.9 Å². The second-order valence-corrected chi connectivity index (χ2v) is 6.49. The summed E-state index contributed by atoms with van der Waals surface area (Å²) in [6.45, 7) is 8.80. The third kappa shape index (κ3) is 4.36. The minimum absolute atomic E-state index is 0.246. The van der Waals surface area contributed by atoms with Crippen molar-refractivity contribution in [1.82, 2.24) is 15.0 Å². The molecular formula is C18H22ClN5. The number of hydrogen-bond acceptors (Lipinski definition) is 5. The number of hydrogen-bond donors (Lipinski definition) is 2. The van der Waals surface area contributed by atoms with Gasteiger partial charge in [-0.25, -0.2) is 4.98 Å². The van der Waals surface area contributed by atoms with Crippen molar-refractivity contribution in [1.29, 1.82) is 0 Å². The lowest BCUT2D eigenvalue weighted by molar-refractivity contribution is 0.670. The third-order valence-electron chi connectivity index (χ3n) is 3.52. The maximum Gasteiger partial charge on any atom is 0.222 e. The van der Waals surface area contributed by atoms with E-state index in [4.69, 9.17) is 17.3 Å². The first-order valence-electron chi connectivity index (χ1n) is 7.86. The van der Waals surface area contributed by atoms with Crippen molar-refractivity contribution in [3.8, 4) is 11.8 Å². The topological polar surface area (TPSA) is 76.7 Å². The van der Waals surface area contributed by atoms with Gasteiger partial charge in [0.1, 0.15) is 5.82 Å². The molecule has 5 nitrogen and oxygen atoms in total. The molecule has 0 aliphatic rings. The van der Waals surface area contributed by atoms with Crippen LogP contribution in [0.4, 0.5) is 11.8 Å². The molecule has 0 saturated carbocycles. The van der Waals surface area contributed by atoms with Crippen molar-refractivity contribution < 1.29 is 0 Å². The monoisotopic (exact) mass is 343 g/mol. The van der Waals surface area contributed by atoms with Crippen molar-refractivity contribution in [2.75, 3.05) is 17.6 Å². The van der Waals surface area contributed by atoms with Crippen molar-refractivity contribution in [2.24, 2.45) is 0 Å². The molecular weight excluding hydrogens is 322 g/mol. The summed E-state index contributed by atoms with van der Waals surface area (Å²) in [6, 6.07) is 3.71. The lowest BCUT2D eigenvalue weighted by atomic mass is 9.89. The molecule has 0 amide bonds. The maximum atomic E-state index is 5.90. The smallest absolute Gasteiger partial charge is 0.222 e. The Hall–Kier alpha value is -2.32. The number of nitrogens with two attached hydrogens (primary N) is 1. The second-order valence-electron chi connectivity index (χ2n) is 6.05. The van der Waals surface area contributed by atoms with Gasteiger partial charge in [-0.1, -0.05) is 30.4 Å². The van der Waals surface area contributed by atoms with Crippen LogP contribution in [0.3, 0.4) is 0 Å². The summed E-state index contributed by atoms with van der Waals surface area (Å²) in [4.78, 5) is 12.9.